The molecule has 3 heterocycles. The van der Waals surface area contributed by atoms with Crippen molar-refractivity contribution in [3.05, 3.63) is 72.1 Å². The van der Waals surface area contributed by atoms with Crippen LogP contribution < -0.4 is 5.32 Å². The Hall–Kier alpha value is -3.63. The lowest BCUT2D eigenvalue weighted by molar-refractivity contribution is -0.113. The van der Waals surface area contributed by atoms with Gasteiger partial charge in [-0.2, -0.15) is 8.75 Å². The highest BCUT2D eigenvalue weighted by Crippen LogP contribution is 2.30. The molecule has 3 aromatic heterocycles. The number of hydrogen-bond acceptors (Lipinski definition) is 8. The number of carbonyl (C=O) groups excluding carboxylic acids is 1. The summed E-state index contributed by atoms with van der Waals surface area (Å²) in [6.45, 7) is 4.11. The zero-order valence-electron chi connectivity index (χ0n) is 17.9. The van der Waals surface area contributed by atoms with Gasteiger partial charge in [-0.25, -0.2) is 0 Å². The Morgan fingerprint density at radius 1 is 1.09 bits per heavy atom. The van der Waals surface area contributed by atoms with Gasteiger partial charge in [0.15, 0.2) is 11.0 Å². The molecule has 0 saturated carbocycles. The summed E-state index contributed by atoms with van der Waals surface area (Å²) in [5.74, 6) is 0.694. The van der Waals surface area contributed by atoms with E-state index in [4.69, 9.17) is 0 Å². The van der Waals surface area contributed by atoms with Crippen LogP contribution in [0.2, 0.25) is 0 Å². The summed E-state index contributed by atoms with van der Waals surface area (Å²) in [5.41, 5.74) is 6.19. The quantitative estimate of drug-likeness (QED) is 0.358. The predicted octanol–water partition coefficient (Wildman–Crippen LogP) is 4.68. The number of anilines is 1. The molecule has 0 saturated heterocycles. The second-order valence-electron chi connectivity index (χ2n) is 7.45. The smallest absolute Gasteiger partial charge is 0.234 e. The largest absolute Gasteiger partial charge is 0.323 e. The number of thioether (sulfide) groups is 1. The number of pyridine rings is 1. The highest BCUT2D eigenvalue weighted by Gasteiger charge is 2.19. The van der Waals surface area contributed by atoms with E-state index in [0.29, 0.717) is 22.2 Å². The van der Waals surface area contributed by atoms with Crippen LogP contribution in [0, 0.1) is 13.8 Å². The zero-order valence-corrected chi connectivity index (χ0v) is 19.5. The van der Waals surface area contributed by atoms with Crippen molar-refractivity contribution >= 4 is 46.1 Å². The molecule has 0 aliphatic carbocycles. The SMILES string of the molecule is Cc1ccc(-n2c(SCC(=O)Nc3cccc4nsnc34)nnc2-c2cccnc2)c(C)c1. The van der Waals surface area contributed by atoms with Gasteiger partial charge in [-0.1, -0.05) is 35.5 Å². The number of nitrogens with one attached hydrogen (secondary N) is 1. The summed E-state index contributed by atoms with van der Waals surface area (Å²) in [5, 5.41) is 12.4. The summed E-state index contributed by atoms with van der Waals surface area (Å²) in [4.78, 5) is 17.0. The molecule has 0 aliphatic heterocycles. The highest BCUT2D eigenvalue weighted by atomic mass is 32.2. The number of aromatic nitrogens is 6. The van der Waals surface area contributed by atoms with Gasteiger partial charge in [-0.15, -0.1) is 10.2 Å². The third-order valence-electron chi connectivity index (χ3n) is 5.04. The van der Waals surface area contributed by atoms with Gasteiger partial charge in [0.25, 0.3) is 0 Å². The van der Waals surface area contributed by atoms with Gasteiger partial charge in [0, 0.05) is 18.0 Å². The fourth-order valence-electron chi connectivity index (χ4n) is 3.54. The van der Waals surface area contributed by atoms with Gasteiger partial charge in [0.2, 0.25) is 5.91 Å². The molecule has 1 amide bonds. The van der Waals surface area contributed by atoms with E-state index in [1.165, 1.54) is 17.3 Å². The highest BCUT2D eigenvalue weighted by molar-refractivity contribution is 7.99. The van der Waals surface area contributed by atoms with Gasteiger partial charge < -0.3 is 5.32 Å². The van der Waals surface area contributed by atoms with Crippen molar-refractivity contribution in [2.75, 3.05) is 11.1 Å². The fraction of sp³-hybridized carbons (Fsp3) is 0.130. The first-order valence-corrected chi connectivity index (χ1v) is 11.9. The number of nitrogens with zero attached hydrogens (tertiary/aromatic N) is 6. The van der Waals surface area contributed by atoms with Gasteiger partial charge >= 0.3 is 0 Å². The fourth-order valence-corrected chi connectivity index (χ4v) is 4.84. The Morgan fingerprint density at radius 2 is 2.00 bits per heavy atom. The minimum Gasteiger partial charge on any atom is -0.323 e. The van der Waals surface area contributed by atoms with Crippen LogP contribution >= 0.6 is 23.5 Å². The lowest BCUT2D eigenvalue weighted by Crippen LogP contribution is -2.15. The van der Waals surface area contributed by atoms with E-state index >= 15 is 0 Å². The van der Waals surface area contributed by atoms with E-state index in [0.717, 1.165) is 34.1 Å². The molecule has 0 bridgehead atoms. The Morgan fingerprint density at radius 3 is 2.82 bits per heavy atom. The molecule has 33 heavy (non-hydrogen) atoms. The third kappa shape index (κ3) is 4.35. The monoisotopic (exact) mass is 473 g/mol. The number of carbonyl (C=O) groups is 1. The van der Waals surface area contributed by atoms with Gasteiger partial charge in [0.1, 0.15) is 11.0 Å². The van der Waals surface area contributed by atoms with Crippen LogP contribution in [0.5, 0.6) is 0 Å². The Balaban J connectivity index is 1.44. The first-order valence-electron chi connectivity index (χ1n) is 10.2. The van der Waals surface area contributed by atoms with Crippen molar-refractivity contribution in [3.8, 4) is 17.1 Å². The van der Waals surface area contributed by atoms with E-state index < -0.39 is 0 Å². The van der Waals surface area contributed by atoms with Crippen LogP contribution in [-0.2, 0) is 4.79 Å². The molecule has 5 rings (SSSR count). The molecule has 0 spiro atoms. The lowest BCUT2D eigenvalue weighted by Gasteiger charge is -2.13. The first-order chi connectivity index (χ1) is 16.1. The van der Waals surface area contributed by atoms with Gasteiger partial charge in [-0.3, -0.25) is 14.3 Å². The predicted molar refractivity (Wildman–Crippen MR) is 131 cm³/mol. The zero-order chi connectivity index (χ0) is 22.8. The summed E-state index contributed by atoms with van der Waals surface area (Å²) in [6.07, 6.45) is 3.48. The van der Waals surface area contributed by atoms with Crippen molar-refractivity contribution in [2.24, 2.45) is 0 Å². The summed E-state index contributed by atoms with van der Waals surface area (Å²) < 4.78 is 10.5. The average molecular weight is 474 g/mol. The molecule has 164 valence electrons. The van der Waals surface area contributed by atoms with Crippen molar-refractivity contribution < 1.29 is 4.79 Å². The maximum atomic E-state index is 12.7. The molecule has 0 radical (unpaired) electrons. The van der Waals surface area contributed by atoms with Crippen LogP contribution in [0.3, 0.4) is 0 Å². The number of benzene rings is 2. The molecule has 8 nitrogen and oxygen atoms in total. The molecule has 0 atom stereocenters. The van der Waals surface area contributed by atoms with E-state index in [1.807, 2.05) is 41.0 Å². The minimum absolute atomic E-state index is 0.154. The second kappa shape index (κ2) is 9.08. The third-order valence-corrected chi connectivity index (χ3v) is 6.51. The van der Waals surface area contributed by atoms with Crippen molar-refractivity contribution in [1.82, 2.24) is 28.5 Å². The van der Waals surface area contributed by atoms with Crippen molar-refractivity contribution in [2.45, 2.75) is 19.0 Å². The van der Waals surface area contributed by atoms with E-state index in [-0.39, 0.29) is 11.7 Å². The topological polar surface area (TPSA) is 98.5 Å². The molecule has 1 N–H and O–H groups in total. The van der Waals surface area contributed by atoms with Crippen molar-refractivity contribution in [1.29, 1.82) is 0 Å². The summed E-state index contributed by atoms with van der Waals surface area (Å²) >= 11 is 2.45. The molecular weight excluding hydrogens is 454 g/mol. The van der Waals surface area contributed by atoms with Crippen molar-refractivity contribution in [3.63, 3.8) is 0 Å². The minimum atomic E-state index is -0.154. The molecular formula is C23H19N7OS2. The van der Waals surface area contributed by atoms with Crippen LogP contribution in [0.1, 0.15) is 11.1 Å². The molecule has 0 aliphatic rings. The first kappa shape index (κ1) is 21.2. The number of amides is 1. The maximum absolute atomic E-state index is 12.7. The van der Waals surface area contributed by atoms with Crippen LogP contribution in [0.15, 0.2) is 66.1 Å². The molecule has 0 fully saturated rings. The molecule has 10 heteroatoms. The number of hydrogen-bond donors (Lipinski definition) is 1. The second-order valence-corrected chi connectivity index (χ2v) is 8.92. The van der Waals surface area contributed by atoms with E-state index in [2.05, 4.69) is 55.2 Å². The normalized spacial score (nSPS) is 11.1. The Kier molecular flexibility index (Phi) is 5.84. The number of rotatable bonds is 6. The van der Waals surface area contributed by atoms with Gasteiger partial charge in [0.05, 0.1) is 28.9 Å². The molecule has 2 aromatic carbocycles. The number of aryl methyl sites for hydroxylation is 2. The summed E-state index contributed by atoms with van der Waals surface area (Å²) in [7, 11) is 0. The Bertz CT molecular complexity index is 1450. The summed E-state index contributed by atoms with van der Waals surface area (Å²) in [6, 6.07) is 15.6. The lowest BCUT2D eigenvalue weighted by atomic mass is 10.1. The standard InChI is InChI=1S/C23H19N7OS2/c1-14-8-9-19(15(2)11-14)30-22(16-5-4-10-24-12-16)26-27-23(30)32-13-20(31)25-17-6-3-7-18-21(17)29-33-28-18/h3-12H,13H2,1-2H3,(H,25,31). The maximum Gasteiger partial charge on any atom is 0.234 e. The van der Waals surface area contributed by atoms with E-state index in [1.54, 1.807) is 12.4 Å². The van der Waals surface area contributed by atoms with E-state index in [9.17, 15) is 4.79 Å². The van der Waals surface area contributed by atoms with Gasteiger partial charge in [-0.05, 0) is 49.7 Å². The number of fused-ring (bicyclic) bond motifs is 1. The van der Waals surface area contributed by atoms with Crippen LogP contribution in [0.4, 0.5) is 5.69 Å². The molecule has 0 unspecified atom stereocenters. The Labute approximate surface area is 198 Å². The van der Waals surface area contributed by atoms with Crippen LogP contribution in [0.25, 0.3) is 28.1 Å². The average Bonchev–Trinajstić information content (AvgIpc) is 3.46. The van der Waals surface area contributed by atoms with Crippen LogP contribution in [-0.4, -0.2) is 40.2 Å². The molecule has 5 aromatic rings.